The van der Waals surface area contributed by atoms with Gasteiger partial charge in [0.1, 0.15) is 0 Å². The molecule has 3 aromatic rings. The van der Waals surface area contributed by atoms with Crippen LogP contribution in [-0.4, -0.2) is 77.4 Å². The monoisotopic (exact) mass is 528 g/mol. The van der Waals surface area contributed by atoms with Crippen molar-refractivity contribution < 1.29 is 9.59 Å². The summed E-state index contributed by atoms with van der Waals surface area (Å²) in [6, 6.07) is 12.0. The number of nitrogens with zero attached hydrogens (tertiary/aromatic N) is 4. The maximum Gasteiger partial charge on any atom is 0.244 e. The molecule has 1 aromatic carbocycles. The lowest BCUT2D eigenvalue weighted by molar-refractivity contribution is -0.131. The third-order valence-corrected chi connectivity index (χ3v) is 7.19. The number of aromatic nitrogens is 2. The van der Waals surface area contributed by atoms with Gasteiger partial charge in [-0.1, -0.05) is 30.7 Å². The molecular weight excluding hydrogens is 488 g/mol. The second-order valence-corrected chi connectivity index (χ2v) is 9.87. The largest absolute Gasteiger partial charge is 0.384 e. The summed E-state index contributed by atoms with van der Waals surface area (Å²) in [7, 11) is 0. The molecule has 2 N–H and O–H groups in total. The van der Waals surface area contributed by atoms with Gasteiger partial charge in [0.05, 0.1) is 17.8 Å². The molecule has 4 rings (SSSR count). The van der Waals surface area contributed by atoms with Crippen LogP contribution in [0.1, 0.15) is 45.1 Å². The Labute approximate surface area is 231 Å². The van der Waals surface area contributed by atoms with Crippen molar-refractivity contribution in [3.8, 4) is 11.3 Å². The highest BCUT2D eigenvalue weighted by Gasteiger charge is 2.12. The van der Waals surface area contributed by atoms with E-state index in [9.17, 15) is 9.59 Å². The smallest absolute Gasteiger partial charge is 0.244 e. The van der Waals surface area contributed by atoms with E-state index in [0.717, 1.165) is 52.9 Å². The summed E-state index contributed by atoms with van der Waals surface area (Å²) < 4.78 is 0. The first-order chi connectivity index (χ1) is 19.1. The Balaban J connectivity index is 1.38. The standard InChI is InChI=1S/C31H40N6O2/c1-3-37(4-2)31(39)23-34-30(38)14-11-24-9-12-25(13-10-24)28-21-29(26-22-32-17-15-27(26)35-28)33-16-8-20-36-18-6-5-7-19-36/h9-15,17,21-22H,3-8,16,18-20,23H2,1-2H3,(H,33,35)(H,34,38). The summed E-state index contributed by atoms with van der Waals surface area (Å²) in [5.41, 5.74) is 4.72. The number of likely N-dealkylation sites (N-methyl/N-ethyl adjacent to an activating group) is 1. The summed E-state index contributed by atoms with van der Waals surface area (Å²) in [6.07, 6.45) is 11.9. The van der Waals surface area contributed by atoms with Crippen molar-refractivity contribution in [1.29, 1.82) is 0 Å². The van der Waals surface area contributed by atoms with E-state index in [1.54, 1.807) is 17.2 Å². The minimum atomic E-state index is -0.291. The van der Waals surface area contributed by atoms with Gasteiger partial charge in [-0.05, 0) is 76.5 Å². The van der Waals surface area contributed by atoms with Gasteiger partial charge in [0, 0.05) is 54.7 Å². The van der Waals surface area contributed by atoms with Crippen LogP contribution in [0.25, 0.3) is 28.2 Å². The van der Waals surface area contributed by atoms with Gasteiger partial charge in [0.25, 0.3) is 0 Å². The van der Waals surface area contributed by atoms with Crippen molar-refractivity contribution in [1.82, 2.24) is 25.1 Å². The highest BCUT2D eigenvalue weighted by atomic mass is 16.2. The molecule has 0 spiro atoms. The maximum atomic E-state index is 12.2. The molecule has 0 saturated carbocycles. The summed E-state index contributed by atoms with van der Waals surface area (Å²) in [5, 5.41) is 7.30. The summed E-state index contributed by atoms with van der Waals surface area (Å²) in [5.74, 6) is -0.374. The number of carbonyl (C=O) groups excluding carboxylic acids is 2. The van der Waals surface area contributed by atoms with Gasteiger partial charge in [0.2, 0.25) is 11.8 Å². The fraction of sp³-hybridized carbons (Fsp3) is 0.419. The number of piperidine rings is 1. The van der Waals surface area contributed by atoms with Gasteiger partial charge in [-0.15, -0.1) is 0 Å². The molecule has 1 aliphatic rings. The molecular formula is C31H40N6O2. The Hall–Kier alpha value is -3.78. The van der Waals surface area contributed by atoms with E-state index in [1.165, 1.54) is 38.4 Å². The van der Waals surface area contributed by atoms with Crippen LogP contribution in [0.2, 0.25) is 0 Å². The zero-order chi connectivity index (χ0) is 27.5. The number of carbonyl (C=O) groups is 2. The second-order valence-electron chi connectivity index (χ2n) is 9.87. The SMILES string of the molecule is CCN(CC)C(=O)CNC(=O)C=Cc1ccc(-c2cc(NCCCN3CCCCC3)c3cnccc3n2)cc1. The lowest BCUT2D eigenvalue weighted by Crippen LogP contribution is -2.39. The third kappa shape index (κ3) is 8.10. The number of pyridine rings is 2. The number of hydrogen-bond acceptors (Lipinski definition) is 6. The van der Waals surface area contributed by atoms with Crippen molar-refractivity contribution in [2.45, 2.75) is 39.5 Å². The van der Waals surface area contributed by atoms with Crippen LogP contribution in [0.3, 0.4) is 0 Å². The zero-order valence-corrected chi connectivity index (χ0v) is 23.2. The molecule has 1 fully saturated rings. The quantitative estimate of drug-likeness (QED) is 0.264. The molecule has 8 nitrogen and oxygen atoms in total. The van der Waals surface area contributed by atoms with Gasteiger partial charge >= 0.3 is 0 Å². The Morgan fingerprint density at radius 1 is 1.05 bits per heavy atom. The van der Waals surface area contributed by atoms with E-state index in [-0.39, 0.29) is 18.4 Å². The van der Waals surface area contributed by atoms with Crippen molar-refractivity contribution in [2.24, 2.45) is 0 Å². The summed E-state index contributed by atoms with van der Waals surface area (Å²) in [4.78, 5) is 37.7. The number of benzene rings is 1. The molecule has 3 heterocycles. The zero-order valence-electron chi connectivity index (χ0n) is 23.2. The Kier molecular flexibility index (Phi) is 10.4. The van der Waals surface area contributed by atoms with Gasteiger partial charge in [0.15, 0.2) is 0 Å². The van der Waals surface area contributed by atoms with Crippen molar-refractivity contribution in [3.63, 3.8) is 0 Å². The third-order valence-electron chi connectivity index (χ3n) is 7.19. The van der Waals surface area contributed by atoms with E-state index in [4.69, 9.17) is 4.98 Å². The molecule has 0 bridgehead atoms. The fourth-order valence-electron chi connectivity index (χ4n) is 4.92. The van der Waals surface area contributed by atoms with Crippen LogP contribution < -0.4 is 10.6 Å². The molecule has 1 aliphatic heterocycles. The molecule has 8 heteroatoms. The number of amides is 2. The number of likely N-dealkylation sites (tertiary alicyclic amines) is 1. The number of rotatable bonds is 12. The van der Waals surface area contributed by atoms with Gasteiger partial charge in [-0.2, -0.15) is 0 Å². The first kappa shape index (κ1) is 28.2. The number of nitrogens with one attached hydrogen (secondary N) is 2. The van der Waals surface area contributed by atoms with Crippen molar-refractivity contribution in [3.05, 3.63) is 60.4 Å². The Morgan fingerprint density at radius 2 is 1.82 bits per heavy atom. The molecule has 39 heavy (non-hydrogen) atoms. The second kappa shape index (κ2) is 14.4. The van der Waals surface area contributed by atoms with Gasteiger partial charge in [-0.3, -0.25) is 14.6 Å². The molecule has 0 unspecified atom stereocenters. The van der Waals surface area contributed by atoms with Gasteiger partial charge in [-0.25, -0.2) is 4.98 Å². The van der Waals surface area contributed by atoms with Crippen LogP contribution >= 0.6 is 0 Å². The highest BCUT2D eigenvalue weighted by Crippen LogP contribution is 2.28. The van der Waals surface area contributed by atoms with Crippen LogP contribution in [0.5, 0.6) is 0 Å². The Bertz CT molecular complexity index is 1260. The van der Waals surface area contributed by atoms with E-state index in [1.807, 2.05) is 50.4 Å². The van der Waals surface area contributed by atoms with Crippen LogP contribution in [0, 0.1) is 0 Å². The molecule has 2 aromatic heterocycles. The summed E-state index contributed by atoms with van der Waals surface area (Å²) >= 11 is 0. The molecule has 0 atom stereocenters. The minimum Gasteiger partial charge on any atom is -0.384 e. The molecule has 0 aliphatic carbocycles. The van der Waals surface area contributed by atoms with E-state index in [2.05, 4.69) is 26.6 Å². The number of hydrogen-bond donors (Lipinski definition) is 2. The number of anilines is 1. The van der Waals surface area contributed by atoms with E-state index in [0.29, 0.717) is 13.1 Å². The average Bonchev–Trinajstić information content (AvgIpc) is 2.98. The minimum absolute atomic E-state index is 0.00156. The maximum absolute atomic E-state index is 12.2. The van der Waals surface area contributed by atoms with Crippen molar-refractivity contribution in [2.75, 3.05) is 51.1 Å². The van der Waals surface area contributed by atoms with Gasteiger partial charge < -0.3 is 20.4 Å². The fourth-order valence-corrected chi connectivity index (χ4v) is 4.92. The first-order valence-corrected chi connectivity index (χ1v) is 14.1. The average molecular weight is 529 g/mol. The lowest BCUT2D eigenvalue weighted by Gasteiger charge is -2.26. The van der Waals surface area contributed by atoms with Crippen LogP contribution in [-0.2, 0) is 9.59 Å². The highest BCUT2D eigenvalue weighted by molar-refractivity contribution is 5.95. The molecule has 0 radical (unpaired) electrons. The van der Waals surface area contributed by atoms with E-state index < -0.39 is 0 Å². The predicted molar refractivity (Wildman–Crippen MR) is 158 cm³/mol. The van der Waals surface area contributed by atoms with Crippen molar-refractivity contribution >= 4 is 34.5 Å². The van der Waals surface area contributed by atoms with E-state index >= 15 is 0 Å². The topological polar surface area (TPSA) is 90.5 Å². The summed E-state index contributed by atoms with van der Waals surface area (Å²) in [6.45, 7) is 9.58. The number of fused-ring (bicyclic) bond motifs is 1. The molecule has 2 amide bonds. The molecule has 1 saturated heterocycles. The lowest BCUT2D eigenvalue weighted by atomic mass is 10.1. The first-order valence-electron chi connectivity index (χ1n) is 14.1. The Morgan fingerprint density at radius 3 is 2.56 bits per heavy atom. The van der Waals surface area contributed by atoms with Crippen LogP contribution in [0.4, 0.5) is 5.69 Å². The predicted octanol–water partition coefficient (Wildman–Crippen LogP) is 4.58. The van der Waals surface area contributed by atoms with Crippen LogP contribution in [0.15, 0.2) is 54.9 Å². The molecule has 206 valence electrons. The normalized spacial score (nSPS) is 14.0.